The third kappa shape index (κ3) is 4.26. The van der Waals surface area contributed by atoms with Crippen molar-refractivity contribution in [2.45, 2.75) is 31.5 Å². The van der Waals surface area contributed by atoms with Crippen LogP contribution in [0.15, 0.2) is 53.6 Å². The van der Waals surface area contributed by atoms with Crippen molar-refractivity contribution >= 4 is 23.0 Å². The van der Waals surface area contributed by atoms with Gasteiger partial charge in [0, 0.05) is 23.5 Å². The molecule has 5 rings (SSSR count). The molecule has 158 valence electrons. The second-order valence-electron chi connectivity index (χ2n) is 7.06. The number of hydrogen-bond donors (Lipinski definition) is 0. The van der Waals surface area contributed by atoms with E-state index in [0.29, 0.717) is 29.0 Å². The normalized spacial score (nSPS) is 14.0. The third-order valence-corrected chi connectivity index (χ3v) is 5.85. The van der Waals surface area contributed by atoms with Crippen molar-refractivity contribution < 1.29 is 17.7 Å². The van der Waals surface area contributed by atoms with Gasteiger partial charge in [-0.3, -0.25) is 4.98 Å². The van der Waals surface area contributed by atoms with Crippen LogP contribution in [0.3, 0.4) is 0 Å². The second-order valence-corrected chi connectivity index (χ2v) is 8.23. The molecule has 0 amide bonds. The maximum atomic E-state index is 12.7. The first kappa shape index (κ1) is 19.6. The average Bonchev–Trinajstić information content (AvgIpc) is 3.30. The first-order valence-electron chi connectivity index (χ1n) is 9.47. The Kier molecular flexibility index (Phi) is 4.89. The summed E-state index contributed by atoms with van der Waals surface area (Å²) in [5, 5.41) is 3.45. The quantitative estimate of drug-likeness (QED) is 0.403. The molecule has 1 aliphatic rings. The van der Waals surface area contributed by atoms with Gasteiger partial charge in [0.2, 0.25) is 5.82 Å². The van der Waals surface area contributed by atoms with Gasteiger partial charge in [-0.15, -0.1) is 11.3 Å². The van der Waals surface area contributed by atoms with E-state index < -0.39 is 12.1 Å². The Morgan fingerprint density at radius 1 is 1.03 bits per heavy atom. The lowest BCUT2D eigenvalue weighted by atomic mass is 10.2. The van der Waals surface area contributed by atoms with Crippen molar-refractivity contribution in [3.63, 3.8) is 0 Å². The van der Waals surface area contributed by atoms with E-state index in [2.05, 4.69) is 35.7 Å². The van der Waals surface area contributed by atoms with E-state index in [1.807, 2.05) is 23.2 Å². The number of alkyl halides is 3. The maximum Gasteiger partial charge on any atom is 0.471 e. The van der Waals surface area contributed by atoms with Crippen molar-refractivity contribution in [1.82, 2.24) is 25.1 Å². The van der Waals surface area contributed by atoms with Crippen molar-refractivity contribution in [2.75, 3.05) is 4.90 Å². The molecule has 1 aliphatic carbocycles. The van der Waals surface area contributed by atoms with E-state index >= 15 is 0 Å². The predicted molar refractivity (Wildman–Crippen MR) is 107 cm³/mol. The maximum absolute atomic E-state index is 12.7. The Morgan fingerprint density at radius 2 is 1.90 bits per heavy atom. The van der Waals surface area contributed by atoms with Crippen LogP contribution in [-0.2, 0) is 12.7 Å². The lowest BCUT2D eigenvalue weighted by Gasteiger charge is -2.22. The fraction of sp³-hybridized carbons (Fsp3) is 0.250. The number of aromatic nitrogens is 5. The molecule has 4 aromatic heterocycles. The molecule has 4 aromatic rings. The summed E-state index contributed by atoms with van der Waals surface area (Å²) >= 11 is 1.28. The predicted octanol–water partition coefficient (Wildman–Crippen LogP) is 5.22. The largest absolute Gasteiger partial charge is 0.471 e. The molecule has 0 N–H and O–H groups in total. The van der Waals surface area contributed by atoms with Gasteiger partial charge in [0.25, 0.3) is 0 Å². The summed E-state index contributed by atoms with van der Waals surface area (Å²) < 4.78 is 42.5. The number of thiophene rings is 1. The van der Waals surface area contributed by atoms with E-state index in [1.54, 1.807) is 24.7 Å². The van der Waals surface area contributed by atoms with Crippen LogP contribution in [-0.4, -0.2) is 25.1 Å². The van der Waals surface area contributed by atoms with Gasteiger partial charge in [0.15, 0.2) is 5.82 Å². The minimum atomic E-state index is -4.67. The van der Waals surface area contributed by atoms with Crippen LogP contribution in [0.25, 0.3) is 10.7 Å². The van der Waals surface area contributed by atoms with Gasteiger partial charge in [-0.25, -0.2) is 9.97 Å². The fourth-order valence-corrected chi connectivity index (χ4v) is 4.03. The Labute approximate surface area is 178 Å². The molecular weight excluding hydrogens is 429 g/mol. The molecular formula is C20H15F3N6OS. The molecule has 0 radical (unpaired) electrons. The topological polar surface area (TPSA) is 80.8 Å². The number of nitrogens with zero attached hydrogens (tertiary/aromatic N) is 6. The molecule has 0 aromatic carbocycles. The zero-order chi connectivity index (χ0) is 21.4. The number of hydrogen-bond acceptors (Lipinski definition) is 8. The molecule has 4 heterocycles. The van der Waals surface area contributed by atoms with Crippen LogP contribution in [0.2, 0.25) is 0 Å². The highest BCUT2D eigenvalue weighted by atomic mass is 32.1. The number of anilines is 2. The smallest absolute Gasteiger partial charge is 0.329 e. The molecule has 0 spiro atoms. The zero-order valence-electron chi connectivity index (χ0n) is 16.0. The summed E-state index contributed by atoms with van der Waals surface area (Å²) in [7, 11) is 0. The van der Waals surface area contributed by atoms with Crippen LogP contribution in [0.5, 0.6) is 0 Å². The van der Waals surface area contributed by atoms with E-state index in [-0.39, 0.29) is 5.82 Å². The van der Waals surface area contributed by atoms with E-state index in [1.165, 1.54) is 29.7 Å². The minimum Gasteiger partial charge on any atom is -0.329 e. The Balaban J connectivity index is 1.41. The molecule has 11 heteroatoms. The highest BCUT2D eigenvalue weighted by Gasteiger charge is 2.38. The molecule has 0 atom stereocenters. The summed E-state index contributed by atoms with van der Waals surface area (Å²) in [4.78, 5) is 19.8. The van der Waals surface area contributed by atoms with Crippen LogP contribution >= 0.6 is 11.3 Å². The van der Waals surface area contributed by atoms with Crippen molar-refractivity contribution in [1.29, 1.82) is 0 Å². The fourth-order valence-electron chi connectivity index (χ4n) is 3.10. The minimum absolute atomic E-state index is 0.0958. The second kappa shape index (κ2) is 7.73. The van der Waals surface area contributed by atoms with Crippen molar-refractivity contribution in [3.05, 3.63) is 65.4 Å². The molecule has 31 heavy (non-hydrogen) atoms. The Hall–Kier alpha value is -3.34. The van der Waals surface area contributed by atoms with Crippen molar-refractivity contribution in [2.24, 2.45) is 0 Å². The highest BCUT2D eigenvalue weighted by Crippen LogP contribution is 2.40. The zero-order valence-corrected chi connectivity index (χ0v) is 16.8. The number of halogens is 3. The van der Waals surface area contributed by atoms with Gasteiger partial charge in [0.05, 0.1) is 17.6 Å². The molecule has 0 aliphatic heterocycles. The highest BCUT2D eigenvalue weighted by molar-refractivity contribution is 7.15. The first-order chi connectivity index (χ1) is 15.0. The Bertz CT molecular complexity index is 1170. The van der Waals surface area contributed by atoms with Gasteiger partial charge < -0.3 is 9.42 Å². The molecule has 0 saturated heterocycles. The standard InChI is InChI=1S/C20H15F3N6OS/c21-20(22,23)19-27-18(28-30-19)15-5-4-14(31-15)11-29(17-10-24-7-8-25-17)16-6-3-13(9-26-16)12-1-2-12/h3-10,12H,1-2,11H2. The SMILES string of the molecule is FC(F)(F)c1nc(-c2ccc(CN(c3ccc(C4CC4)cn3)c3cnccn3)s2)no1. The van der Waals surface area contributed by atoms with E-state index in [0.717, 1.165) is 4.88 Å². The van der Waals surface area contributed by atoms with Gasteiger partial charge >= 0.3 is 12.1 Å². The van der Waals surface area contributed by atoms with Gasteiger partial charge in [0.1, 0.15) is 5.82 Å². The summed E-state index contributed by atoms with van der Waals surface area (Å²) in [6, 6.07) is 7.50. The van der Waals surface area contributed by atoms with Crippen LogP contribution in [0.1, 0.15) is 35.1 Å². The van der Waals surface area contributed by atoms with Gasteiger partial charge in [-0.2, -0.15) is 18.2 Å². The summed E-state index contributed by atoms with van der Waals surface area (Å²) in [5.74, 6) is 0.463. The average molecular weight is 444 g/mol. The molecule has 0 bridgehead atoms. The van der Waals surface area contributed by atoms with Gasteiger partial charge in [-0.05, 0) is 42.5 Å². The molecule has 0 unspecified atom stereocenters. The third-order valence-electron chi connectivity index (χ3n) is 4.79. The van der Waals surface area contributed by atoms with Crippen LogP contribution in [0, 0.1) is 0 Å². The molecule has 7 nitrogen and oxygen atoms in total. The van der Waals surface area contributed by atoms with Crippen LogP contribution in [0.4, 0.5) is 24.8 Å². The summed E-state index contributed by atoms with van der Waals surface area (Å²) in [5.41, 5.74) is 1.22. The molecule has 1 saturated carbocycles. The van der Waals surface area contributed by atoms with E-state index in [4.69, 9.17) is 0 Å². The number of pyridine rings is 1. The Morgan fingerprint density at radius 3 is 2.55 bits per heavy atom. The van der Waals surface area contributed by atoms with Crippen LogP contribution < -0.4 is 4.90 Å². The summed E-state index contributed by atoms with van der Waals surface area (Å²) in [6.45, 7) is 0.406. The molecule has 1 fully saturated rings. The lowest BCUT2D eigenvalue weighted by molar-refractivity contribution is -0.159. The first-order valence-corrected chi connectivity index (χ1v) is 10.3. The lowest BCUT2D eigenvalue weighted by Crippen LogP contribution is -2.18. The van der Waals surface area contributed by atoms with E-state index in [9.17, 15) is 13.2 Å². The monoisotopic (exact) mass is 444 g/mol. The van der Waals surface area contributed by atoms with Gasteiger partial charge in [-0.1, -0.05) is 11.2 Å². The number of rotatable bonds is 6. The van der Waals surface area contributed by atoms with Crippen molar-refractivity contribution in [3.8, 4) is 10.7 Å². The summed E-state index contributed by atoms with van der Waals surface area (Å²) in [6.07, 6.45) is 4.42.